The molecule has 1 aromatic heterocycles. The van der Waals surface area contributed by atoms with Gasteiger partial charge < -0.3 is 20.5 Å². The van der Waals surface area contributed by atoms with E-state index < -0.39 is 0 Å². The molecule has 1 aliphatic heterocycles. The Labute approximate surface area is 155 Å². The zero-order valence-corrected chi connectivity index (χ0v) is 14.7. The van der Waals surface area contributed by atoms with Gasteiger partial charge >= 0.3 is 0 Å². The molecule has 8 nitrogen and oxygen atoms in total. The molecule has 3 rings (SSSR count). The van der Waals surface area contributed by atoms with Gasteiger partial charge in [-0.1, -0.05) is 18.2 Å². The van der Waals surface area contributed by atoms with Gasteiger partial charge in [-0.15, -0.1) is 4.91 Å². The number of hydrogen-bond acceptors (Lipinski definition) is 5. The van der Waals surface area contributed by atoms with E-state index in [1.165, 1.54) is 6.20 Å². The third-order valence-electron chi connectivity index (χ3n) is 4.09. The second-order valence-electron chi connectivity index (χ2n) is 5.97. The number of carbonyl (C=O) groups is 2. The third kappa shape index (κ3) is 4.30. The van der Waals surface area contributed by atoms with Gasteiger partial charge in [-0.05, 0) is 29.5 Å². The number of likely N-dealkylation sites (N-methyl/N-ethyl adjacent to an activating group) is 1. The number of allylic oxidation sites excluding steroid dienone is 1. The first kappa shape index (κ1) is 18.1. The Kier molecular flexibility index (Phi) is 5.46. The van der Waals surface area contributed by atoms with Crippen LogP contribution in [0.1, 0.15) is 10.5 Å². The molecule has 3 N–H and O–H groups in total. The molecule has 0 bridgehead atoms. The maximum absolute atomic E-state index is 12.2. The summed E-state index contributed by atoms with van der Waals surface area (Å²) in [4.78, 5) is 39.3. The fraction of sp³-hybridized carbons (Fsp3) is 0.158. The van der Waals surface area contributed by atoms with Crippen LogP contribution < -0.4 is 10.6 Å². The van der Waals surface area contributed by atoms with E-state index in [-0.39, 0.29) is 18.4 Å². The van der Waals surface area contributed by atoms with E-state index in [9.17, 15) is 14.5 Å². The lowest BCUT2D eigenvalue weighted by molar-refractivity contribution is -0.117. The van der Waals surface area contributed by atoms with Gasteiger partial charge in [-0.3, -0.25) is 9.59 Å². The second-order valence-corrected chi connectivity index (χ2v) is 5.97. The largest absolute Gasteiger partial charge is 0.351 e. The number of H-pyrrole nitrogens is 1. The minimum Gasteiger partial charge on any atom is -0.351 e. The SMILES string of the molecule is CN1C=C(C(=O)NCCNC(=O)c2cc3ccccc3[nH]2)C=CC1=CN=O. The van der Waals surface area contributed by atoms with Gasteiger partial charge in [0.25, 0.3) is 11.8 Å². The molecule has 138 valence electrons. The number of hydrogen-bond donors (Lipinski definition) is 3. The average molecular weight is 365 g/mol. The Balaban J connectivity index is 1.47. The minimum absolute atomic E-state index is 0.229. The lowest BCUT2D eigenvalue weighted by Gasteiger charge is -2.20. The number of aromatic amines is 1. The highest BCUT2D eigenvalue weighted by atomic mass is 16.2. The molecule has 2 amide bonds. The van der Waals surface area contributed by atoms with Crippen LogP contribution in [-0.4, -0.2) is 41.8 Å². The first-order valence-corrected chi connectivity index (χ1v) is 8.38. The molecule has 0 unspecified atom stereocenters. The van der Waals surface area contributed by atoms with Gasteiger partial charge in [0.15, 0.2) is 0 Å². The van der Waals surface area contributed by atoms with Crippen molar-refractivity contribution in [1.29, 1.82) is 0 Å². The van der Waals surface area contributed by atoms with Crippen molar-refractivity contribution in [2.45, 2.75) is 0 Å². The van der Waals surface area contributed by atoms with E-state index in [2.05, 4.69) is 20.8 Å². The van der Waals surface area contributed by atoms with Gasteiger partial charge in [0, 0.05) is 37.2 Å². The number of carbonyl (C=O) groups excluding carboxylic acids is 2. The van der Waals surface area contributed by atoms with Crippen LogP contribution in [-0.2, 0) is 4.79 Å². The Morgan fingerprint density at radius 2 is 1.89 bits per heavy atom. The van der Waals surface area contributed by atoms with Crippen molar-refractivity contribution in [3.8, 4) is 0 Å². The summed E-state index contributed by atoms with van der Waals surface area (Å²) < 4.78 is 0. The molecule has 0 spiro atoms. The smallest absolute Gasteiger partial charge is 0.267 e. The van der Waals surface area contributed by atoms with Crippen molar-refractivity contribution < 1.29 is 9.59 Å². The summed E-state index contributed by atoms with van der Waals surface area (Å²) in [6.07, 6.45) is 6.01. The van der Waals surface area contributed by atoms with E-state index in [1.54, 1.807) is 36.4 Å². The molecular formula is C19H19N5O3. The predicted octanol–water partition coefficient (Wildman–Crippen LogP) is 2.01. The van der Waals surface area contributed by atoms with Crippen molar-refractivity contribution in [2.75, 3.05) is 20.1 Å². The molecular weight excluding hydrogens is 346 g/mol. The summed E-state index contributed by atoms with van der Waals surface area (Å²) in [6, 6.07) is 9.43. The average Bonchev–Trinajstić information content (AvgIpc) is 3.11. The monoisotopic (exact) mass is 365 g/mol. The van der Waals surface area contributed by atoms with Crippen LogP contribution >= 0.6 is 0 Å². The molecule has 0 saturated carbocycles. The molecule has 1 aromatic carbocycles. The number of nitrogens with zero attached hydrogens (tertiary/aromatic N) is 2. The van der Waals surface area contributed by atoms with E-state index in [4.69, 9.17) is 0 Å². The predicted molar refractivity (Wildman–Crippen MR) is 103 cm³/mol. The molecule has 0 atom stereocenters. The highest BCUT2D eigenvalue weighted by molar-refractivity contribution is 5.98. The minimum atomic E-state index is -0.268. The van der Waals surface area contributed by atoms with Crippen LogP contribution in [0.25, 0.3) is 10.9 Å². The first-order valence-electron chi connectivity index (χ1n) is 8.38. The van der Waals surface area contributed by atoms with Gasteiger partial charge in [-0.25, -0.2) is 0 Å². The summed E-state index contributed by atoms with van der Waals surface area (Å²) in [5.41, 5.74) is 2.41. The van der Waals surface area contributed by atoms with Crippen molar-refractivity contribution >= 4 is 22.7 Å². The molecule has 8 heteroatoms. The van der Waals surface area contributed by atoms with Crippen LogP contribution in [0.4, 0.5) is 0 Å². The summed E-state index contributed by atoms with van der Waals surface area (Å²) in [5.74, 6) is -0.496. The van der Waals surface area contributed by atoms with Crippen LogP contribution in [0, 0.1) is 4.91 Å². The number of benzene rings is 1. The Morgan fingerprint density at radius 1 is 1.15 bits per heavy atom. The highest BCUT2D eigenvalue weighted by Gasteiger charge is 2.13. The van der Waals surface area contributed by atoms with E-state index in [0.717, 1.165) is 10.9 Å². The van der Waals surface area contributed by atoms with Gasteiger partial charge in [0.2, 0.25) is 0 Å². The molecule has 0 aliphatic carbocycles. The summed E-state index contributed by atoms with van der Waals surface area (Å²) in [5, 5.41) is 9.19. The van der Waals surface area contributed by atoms with Gasteiger partial charge in [0.1, 0.15) is 5.69 Å². The van der Waals surface area contributed by atoms with E-state index >= 15 is 0 Å². The number of nitrogens with one attached hydrogen (secondary N) is 3. The molecule has 2 aromatic rings. The number of nitroso groups, excluding NO2 is 1. The standard InChI is InChI=1S/C19H19N5O3/c1-24-12-14(6-7-15(24)11-22-27)18(25)20-8-9-21-19(26)17-10-13-4-2-3-5-16(13)23-17/h2-7,10-12,23H,8-9H2,1H3,(H,20,25)(H,21,26). The number of aromatic nitrogens is 1. The van der Waals surface area contributed by atoms with Crippen LogP contribution in [0.3, 0.4) is 0 Å². The fourth-order valence-corrected chi connectivity index (χ4v) is 2.69. The van der Waals surface area contributed by atoms with Crippen LogP contribution in [0.5, 0.6) is 0 Å². The lowest BCUT2D eigenvalue weighted by Crippen LogP contribution is -2.35. The Morgan fingerprint density at radius 3 is 2.59 bits per heavy atom. The Hall–Kier alpha value is -3.68. The number of fused-ring (bicyclic) bond motifs is 1. The zero-order chi connectivity index (χ0) is 19.2. The van der Waals surface area contributed by atoms with Crippen LogP contribution in [0.2, 0.25) is 0 Å². The van der Waals surface area contributed by atoms with Crippen molar-refractivity contribution in [2.24, 2.45) is 5.18 Å². The highest BCUT2D eigenvalue weighted by Crippen LogP contribution is 2.15. The quantitative estimate of drug-likeness (QED) is 0.538. The number of amides is 2. The summed E-state index contributed by atoms with van der Waals surface area (Å²) in [7, 11) is 1.72. The maximum atomic E-state index is 12.2. The first-order chi connectivity index (χ1) is 13.1. The molecule has 1 aliphatic rings. The van der Waals surface area contributed by atoms with Gasteiger partial charge in [-0.2, -0.15) is 0 Å². The van der Waals surface area contributed by atoms with Gasteiger partial charge in [0.05, 0.1) is 17.5 Å². The second kappa shape index (κ2) is 8.13. The third-order valence-corrected chi connectivity index (χ3v) is 4.09. The summed E-state index contributed by atoms with van der Waals surface area (Å²) in [6.45, 7) is 0.589. The molecule has 2 heterocycles. The lowest BCUT2D eigenvalue weighted by atomic mass is 10.1. The zero-order valence-electron chi connectivity index (χ0n) is 14.7. The topological polar surface area (TPSA) is 107 Å². The molecule has 27 heavy (non-hydrogen) atoms. The summed E-state index contributed by atoms with van der Waals surface area (Å²) >= 11 is 0. The Bertz CT molecular complexity index is 938. The number of para-hydroxylation sites is 1. The number of rotatable bonds is 6. The fourth-order valence-electron chi connectivity index (χ4n) is 2.69. The van der Waals surface area contributed by atoms with E-state index in [1.807, 2.05) is 24.3 Å². The molecule has 0 fully saturated rings. The molecule has 0 saturated heterocycles. The van der Waals surface area contributed by atoms with Crippen molar-refractivity contribution in [3.63, 3.8) is 0 Å². The van der Waals surface area contributed by atoms with E-state index in [0.29, 0.717) is 23.5 Å². The normalized spacial score (nSPS) is 14.9. The maximum Gasteiger partial charge on any atom is 0.267 e. The molecule has 0 radical (unpaired) electrons. The van der Waals surface area contributed by atoms with Crippen molar-refractivity contribution in [3.05, 3.63) is 76.8 Å². The van der Waals surface area contributed by atoms with Crippen LogP contribution in [0.15, 0.2) is 71.3 Å². The van der Waals surface area contributed by atoms with Crippen molar-refractivity contribution in [1.82, 2.24) is 20.5 Å².